The molecule has 3 aromatic carbocycles. The molecule has 1 amide bonds. The SMILES string of the molecule is COc1ccc(NC(=O)c2ccc(CSc3nnc(-c4ccncc4)n3-c3ccccc3F)cc2)cc1. The minimum absolute atomic E-state index is 0.203. The van der Waals surface area contributed by atoms with Crippen LogP contribution in [0.15, 0.2) is 102 Å². The van der Waals surface area contributed by atoms with Gasteiger partial charge in [0, 0.05) is 35.0 Å². The van der Waals surface area contributed by atoms with Gasteiger partial charge in [0.15, 0.2) is 11.0 Å². The number of rotatable bonds is 8. The molecule has 2 aromatic heterocycles. The van der Waals surface area contributed by atoms with Gasteiger partial charge >= 0.3 is 0 Å². The molecule has 0 bridgehead atoms. The number of amides is 1. The largest absolute Gasteiger partial charge is 0.497 e. The number of anilines is 1. The third-order valence-electron chi connectivity index (χ3n) is 5.60. The maximum absolute atomic E-state index is 14.8. The second-order valence-electron chi connectivity index (χ2n) is 8.00. The van der Waals surface area contributed by atoms with E-state index in [0.29, 0.717) is 33.7 Å². The molecular formula is C28H22FN5O2S. The molecule has 2 heterocycles. The lowest BCUT2D eigenvalue weighted by Gasteiger charge is -2.11. The van der Waals surface area contributed by atoms with Crippen LogP contribution in [0.25, 0.3) is 17.1 Å². The number of hydrogen-bond acceptors (Lipinski definition) is 6. The van der Waals surface area contributed by atoms with Gasteiger partial charge in [0.2, 0.25) is 0 Å². The van der Waals surface area contributed by atoms with Crippen LogP contribution in [0, 0.1) is 5.82 Å². The van der Waals surface area contributed by atoms with Gasteiger partial charge in [0.05, 0.1) is 12.8 Å². The van der Waals surface area contributed by atoms with E-state index in [4.69, 9.17) is 4.74 Å². The molecule has 7 nitrogen and oxygen atoms in total. The van der Waals surface area contributed by atoms with E-state index < -0.39 is 0 Å². The summed E-state index contributed by atoms with van der Waals surface area (Å²) >= 11 is 1.43. The van der Waals surface area contributed by atoms with Crippen molar-refractivity contribution in [1.29, 1.82) is 0 Å². The Bertz CT molecular complexity index is 1510. The van der Waals surface area contributed by atoms with E-state index in [0.717, 1.165) is 16.9 Å². The number of nitrogens with zero attached hydrogens (tertiary/aromatic N) is 4. The first-order chi connectivity index (χ1) is 18.1. The second kappa shape index (κ2) is 11.0. The molecule has 0 spiro atoms. The van der Waals surface area contributed by atoms with E-state index in [2.05, 4.69) is 20.5 Å². The molecular weight excluding hydrogens is 489 g/mol. The number of hydrogen-bond donors (Lipinski definition) is 1. The van der Waals surface area contributed by atoms with Gasteiger partial charge < -0.3 is 10.1 Å². The second-order valence-corrected chi connectivity index (χ2v) is 8.94. The average Bonchev–Trinajstić information content (AvgIpc) is 3.37. The number of pyridine rings is 1. The smallest absolute Gasteiger partial charge is 0.255 e. The minimum atomic E-state index is -0.369. The van der Waals surface area contributed by atoms with Gasteiger partial charge in [-0.25, -0.2) is 4.39 Å². The van der Waals surface area contributed by atoms with E-state index in [1.807, 2.05) is 24.3 Å². The zero-order valence-electron chi connectivity index (χ0n) is 19.8. The average molecular weight is 512 g/mol. The van der Waals surface area contributed by atoms with E-state index >= 15 is 0 Å². The first-order valence-electron chi connectivity index (χ1n) is 11.4. The van der Waals surface area contributed by atoms with E-state index in [9.17, 15) is 9.18 Å². The molecule has 9 heteroatoms. The first-order valence-corrected chi connectivity index (χ1v) is 12.4. The van der Waals surface area contributed by atoms with Crippen molar-refractivity contribution in [3.63, 3.8) is 0 Å². The lowest BCUT2D eigenvalue weighted by atomic mass is 10.1. The number of aromatic nitrogens is 4. The van der Waals surface area contributed by atoms with Gasteiger partial charge in [-0.3, -0.25) is 14.3 Å². The molecule has 0 unspecified atom stereocenters. The Kier molecular flexibility index (Phi) is 7.23. The highest BCUT2D eigenvalue weighted by Gasteiger charge is 2.18. The van der Waals surface area contributed by atoms with Gasteiger partial charge in [-0.1, -0.05) is 36.0 Å². The number of thioether (sulfide) groups is 1. The van der Waals surface area contributed by atoms with E-state index in [1.165, 1.54) is 17.8 Å². The molecule has 0 aliphatic carbocycles. The summed E-state index contributed by atoms with van der Waals surface area (Å²) in [6.45, 7) is 0. The lowest BCUT2D eigenvalue weighted by Crippen LogP contribution is -2.11. The Morgan fingerprint density at radius 2 is 1.68 bits per heavy atom. The van der Waals surface area contributed by atoms with Gasteiger partial charge in [0.25, 0.3) is 5.91 Å². The molecule has 0 atom stereocenters. The third-order valence-corrected chi connectivity index (χ3v) is 6.60. The summed E-state index contributed by atoms with van der Waals surface area (Å²) in [6.07, 6.45) is 3.32. The van der Waals surface area contributed by atoms with Crippen LogP contribution in [0.4, 0.5) is 10.1 Å². The fourth-order valence-electron chi connectivity index (χ4n) is 3.68. The molecule has 184 valence electrons. The Balaban J connectivity index is 1.32. The summed E-state index contributed by atoms with van der Waals surface area (Å²) in [5, 5.41) is 12.1. The van der Waals surface area contributed by atoms with Crippen LogP contribution in [-0.4, -0.2) is 32.8 Å². The van der Waals surface area contributed by atoms with Crippen molar-refractivity contribution in [2.45, 2.75) is 10.9 Å². The van der Waals surface area contributed by atoms with Gasteiger partial charge in [0.1, 0.15) is 11.6 Å². The van der Waals surface area contributed by atoms with Crippen LogP contribution in [-0.2, 0) is 5.75 Å². The Morgan fingerprint density at radius 1 is 0.946 bits per heavy atom. The maximum Gasteiger partial charge on any atom is 0.255 e. The number of methoxy groups -OCH3 is 1. The summed E-state index contributed by atoms with van der Waals surface area (Å²) in [5.41, 5.74) is 3.36. The fourth-order valence-corrected chi connectivity index (χ4v) is 4.58. The Labute approximate surface area is 217 Å². The molecule has 1 N–H and O–H groups in total. The zero-order valence-corrected chi connectivity index (χ0v) is 20.7. The lowest BCUT2D eigenvalue weighted by molar-refractivity contribution is 0.102. The number of benzene rings is 3. The number of halogens is 1. The van der Waals surface area contributed by atoms with Crippen LogP contribution in [0.1, 0.15) is 15.9 Å². The van der Waals surface area contributed by atoms with E-state index in [-0.39, 0.29) is 11.7 Å². The number of nitrogens with one attached hydrogen (secondary N) is 1. The standard InChI is InChI=1S/C28H22FN5O2S/c1-36-23-12-10-22(11-13-23)31-27(35)21-8-6-19(7-9-21)18-37-28-33-32-26(20-14-16-30-17-15-20)34(28)25-5-3-2-4-24(25)29/h2-17H,18H2,1H3,(H,31,35). The summed E-state index contributed by atoms with van der Waals surface area (Å²) < 4.78 is 21.6. The highest BCUT2D eigenvalue weighted by molar-refractivity contribution is 7.98. The van der Waals surface area contributed by atoms with Gasteiger partial charge in [-0.05, 0) is 66.2 Å². The molecule has 0 saturated heterocycles. The van der Waals surface area contributed by atoms with Crippen LogP contribution in [0.5, 0.6) is 5.75 Å². The van der Waals surface area contributed by atoms with Crippen LogP contribution >= 0.6 is 11.8 Å². The summed E-state index contributed by atoms with van der Waals surface area (Å²) in [7, 11) is 1.59. The molecule has 0 saturated carbocycles. The van der Waals surface area contributed by atoms with Crippen molar-refractivity contribution in [3.05, 3.63) is 114 Å². The van der Waals surface area contributed by atoms with Crippen LogP contribution < -0.4 is 10.1 Å². The van der Waals surface area contributed by atoms with Gasteiger partial charge in [-0.15, -0.1) is 10.2 Å². The monoisotopic (exact) mass is 511 g/mol. The molecule has 0 radical (unpaired) electrons. The molecule has 0 fully saturated rings. The molecule has 0 aliphatic rings. The Hall–Kier alpha value is -4.50. The number of carbonyl (C=O) groups excluding carboxylic acids is 1. The van der Waals surface area contributed by atoms with Crippen molar-refractivity contribution >= 4 is 23.4 Å². The number of para-hydroxylation sites is 1. The number of ether oxygens (including phenoxy) is 1. The molecule has 5 rings (SSSR count). The third kappa shape index (κ3) is 5.52. The molecule has 0 aliphatic heterocycles. The highest BCUT2D eigenvalue weighted by Crippen LogP contribution is 2.30. The van der Waals surface area contributed by atoms with Crippen molar-refractivity contribution in [2.24, 2.45) is 0 Å². The molecule has 37 heavy (non-hydrogen) atoms. The highest BCUT2D eigenvalue weighted by atomic mass is 32.2. The zero-order chi connectivity index (χ0) is 25.6. The molecule has 5 aromatic rings. The number of carbonyl (C=O) groups is 1. The van der Waals surface area contributed by atoms with Crippen molar-refractivity contribution < 1.29 is 13.9 Å². The predicted molar refractivity (Wildman–Crippen MR) is 141 cm³/mol. The predicted octanol–water partition coefficient (Wildman–Crippen LogP) is 6.02. The Morgan fingerprint density at radius 3 is 2.38 bits per heavy atom. The van der Waals surface area contributed by atoms with Crippen LogP contribution in [0.3, 0.4) is 0 Å². The first kappa shape index (κ1) is 24.2. The van der Waals surface area contributed by atoms with Crippen molar-refractivity contribution in [1.82, 2.24) is 19.7 Å². The topological polar surface area (TPSA) is 81.9 Å². The maximum atomic E-state index is 14.8. The van der Waals surface area contributed by atoms with Gasteiger partial charge in [-0.2, -0.15) is 0 Å². The normalized spacial score (nSPS) is 10.8. The van der Waals surface area contributed by atoms with Crippen molar-refractivity contribution in [3.8, 4) is 22.8 Å². The minimum Gasteiger partial charge on any atom is -0.497 e. The summed E-state index contributed by atoms with van der Waals surface area (Å²) in [5.74, 6) is 1.24. The fraction of sp³-hybridized carbons (Fsp3) is 0.0714. The quantitative estimate of drug-likeness (QED) is 0.257. The van der Waals surface area contributed by atoms with E-state index in [1.54, 1.807) is 78.7 Å². The van der Waals surface area contributed by atoms with Crippen molar-refractivity contribution in [2.75, 3.05) is 12.4 Å². The summed E-state index contributed by atoms with van der Waals surface area (Å²) in [4.78, 5) is 16.7. The van der Waals surface area contributed by atoms with Crippen LogP contribution in [0.2, 0.25) is 0 Å². The summed E-state index contributed by atoms with van der Waals surface area (Å²) in [6, 6.07) is 24.6.